The molecule has 1 aliphatic heterocycles. The molecule has 0 bridgehead atoms. The first-order chi connectivity index (χ1) is 9.55. The molecule has 1 unspecified atom stereocenters. The topological polar surface area (TPSA) is 98.5 Å². The van der Waals surface area contributed by atoms with E-state index < -0.39 is 11.3 Å². The molecule has 0 radical (unpaired) electrons. The summed E-state index contributed by atoms with van der Waals surface area (Å²) >= 11 is 0. The maximum atomic E-state index is 9.45. The molecule has 1 saturated carbocycles. The van der Waals surface area contributed by atoms with Gasteiger partial charge in [0.2, 0.25) is 0 Å². The van der Waals surface area contributed by atoms with Crippen molar-refractivity contribution in [3.05, 3.63) is 11.6 Å². The first kappa shape index (κ1) is 14.3. The molecule has 5 heteroatoms. The number of hydrogen-bond donors (Lipinski definition) is 1. The minimum Gasteiger partial charge on any atom is -0.305 e. The van der Waals surface area contributed by atoms with Crippen LogP contribution in [0.4, 0.5) is 0 Å². The molecule has 102 valence electrons. The third kappa shape index (κ3) is 1.73. The summed E-state index contributed by atoms with van der Waals surface area (Å²) in [5.41, 5.74) is -0.597. The summed E-state index contributed by atoms with van der Waals surface area (Å²) in [5.74, 6) is -0.994. The third-order valence-corrected chi connectivity index (χ3v) is 4.73. The Balaban J connectivity index is 2.54. The fraction of sp³-hybridized carbons (Fsp3) is 0.600. The maximum absolute atomic E-state index is 9.45. The molecule has 3 atom stereocenters. The zero-order valence-electron chi connectivity index (χ0n) is 11.7. The van der Waals surface area contributed by atoms with E-state index in [4.69, 9.17) is 5.41 Å². The zero-order valence-corrected chi connectivity index (χ0v) is 11.7. The van der Waals surface area contributed by atoms with Gasteiger partial charge >= 0.3 is 0 Å². The molecule has 0 spiro atoms. The summed E-state index contributed by atoms with van der Waals surface area (Å²) in [6.07, 6.45) is 2.01. The van der Waals surface area contributed by atoms with Gasteiger partial charge < -0.3 is 5.41 Å². The van der Waals surface area contributed by atoms with Crippen molar-refractivity contribution in [2.24, 2.45) is 23.2 Å². The van der Waals surface area contributed by atoms with Gasteiger partial charge in [-0.1, -0.05) is 19.9 Å². The molecular weight excluding hydrogens is 250 g/mol. The van der Waals surface area contributed by atoms with Gasteiger partial charge in [0, 0.05) is 19.0 Å². The standard InChI is InChI=1S/C15H17N5/c1-3-20-5-4-11-12(6-16)14(19)15(8-17,9-18)10(2)13(11)7-20/h4,10,12-13,19H,3,5,7H2,1-2H3/t10-,12?,13-/m0/s1. The quantitative estimate of drug-likeness (QED) is 0.731. The molecule has 0 aromatic carbocycles. The van der Waals surface area contributed by atoms with Crippen LogP contribution in [0.15, 0.2) is 11.6 Å². The number of nitriles is 3. The summed E-state index contributed by atoms with van der Waals surface area (Å²) in [6.45, 7) is 6.34. The minimum absolute atomic E-state index is 0.00162. The summed E-state index contributed by atoms with van der Waals surface area (Å²) in [5, 5.41) is 36.5. The maximum Gasteiger partial charge on any atom is 0.185 e. The van der Waals surface area contributed by atoms with Crippen LogP contribution >= 0.6 is 0 Å². The van der Waals surface area contributed by atoms with Gasteiger partial charge in [-0.3, -0.25) is 4.90 Å². The highest BCUT2D eigenvalue weighted by molar-refractivity contribution is 5.99. The predicted octanol–water partition coefficient (Wildman–Crippen LogP) is 1.71. The molecule has 1 heterocycles. The molecule has 2 rings (SSSR count). The largest absolute Gasteiger partial charge is 0.305 e. The lowest BCUT2D eigenvalue weighted by Crippen LogP contribution is -2.53. The molecule has 2 aliphatic rings. The van der Waals surface area contributed by atoms with Gasteiger partial charge in [-0.25, -0.2) is 0 Å². The Morgan fingerprint density at radius 1 is 1.40 bits per heavy atom. The number of nitrogens with one attached hydrogen (secondary N) is 1. The fourth-order valence-electron chi connectivity index (χ4n) is 3.31. The third-order valence-electron chi connectivity index (χ3n) is 4.73. The smallest absolute Gasteiger partial charge is 0.185 e. The van der Waals surface area contributed by atoms with Gasteiger partial charge in [-0.15, -0.1) is 0 Å². The van der Waals surface area contributed by atoms with Gasteiger partial charge in [-0.05, 0) is 18.0 Å². The van der Waals surface area contributed by atoms with Crippen molar-refractivity contribution in [3.8, 4) is 18.2 Å². The second-order valence-corrected chi connectivity index (χ2v) is 5.46. The van der Waals surface area contributed by atoms with E-state index in [0.717, 1.165) is 25.2 Å². The SMILES string of the molecule is CCN1CC=C2C(C#N)C(=N)C(C#N)(C#N)[C@@H](C)[C@@H]2C1. The van der Waals surface area contributed by atoms with Crippen molar-refractivity contribution >= 4 is 5.71 Å². The van der Waals surface area contributed by atoms with E-state index in [1.807, 2.05) is 25.1 Å². The molecule has 1 fully saturated rings. The molecular formula is C15H17N5. The van der Waals surface area contributed by atoms with Crippen molar-refractivity contribution in [1.82, 2.24) is 4.90 Å². The Bertz CT molecular complexity index is 569. The molecule has 0 aromatic heterocycles. The summed E-state index contributed by atoms with van der Waals surface area (Å²) < 4.78 is 0. The molecule has 0 aromatic rings. The number of hydrogen-bond acceptors (Lipinski definition) is 5. The van der Waals surface area contributed by atoms with Crippen LogP contribution in [0, 0.1) is 62.6 Å². The Labute approximate surface area is 119 Å². The zero-order chi connectivity index (χ0) is 14.9. The highest BCUT2D eigenvalue weighted by atomic mass is 15.1. The van der Waals surface area contributed by atoms with Crippen molar-refractivity contribution in [3.63, 3.8) is 0 Å². The van der Waals surface area contributed by atoms with Crippen molar-refractivity contribution in [1.29, 1.82) is 21.2 Å². The summed E-state index contributed by atoms with van der Waals surface area (Å²) in [7, 11) is 0. The van der Waals surface area contributed by atoms with E-state index in [2.05, 4.69) is 17.9 Å². The van der Waals surface area contributed by atoms with E-state index in [1.54, 1.807) is 0 Å². The van der Waals surface area contributed by atoms with Crippen LogP contribution in [-0.2, 0) is 0 Å². The average Bonchev–Trinajstić information content (AvgIpc) is 2.49. The van der Waals surface area contributed by atoms with Crippen LogP contribution in [0.2, 0.25) is 0 Å². The van der Waals surface area contributed by atoms with Crippen LogP contribution < -0.4 is 0 Å². The molecule has 0 saturated heterocycles. The summed E-state index contributed by atoms with van der Waals surface area (Å²) in [4.78, 5) is 2.23. The van der Waals surface area contributed by atoms with Crippen LogP contribution in [0.1, 0.15) is 13.8 Å². The van der Waals surface area contributed by atoms with Gasteiger partial charge in [0.25, 0.3) is 0 Å². The molecule has 1 aliphatic carbocycles. The Hall–Kier alpha value is -2.16. The van der Waals surface area contributed by atoms with Crippen LogP contribution in [0.5, 0.6) is 0 Å². The lowest BCUT2D eigenvalue weighted by Gasteiger charge is -2.46. The summed E-state index contributed by atoms with van der Waals surface area (Å²) in [6, 6.07) is 6.14. The lowest BCUT2D eigenvalue weighted by molar-refractivity contribution is 0.184. The van der Waals surface area contributed by atoms with E-state index >= 15 is 0 Å². The fourth-order valence-corrected chi connectivity index (χ4v) is 3.31. The first-order valence-electron chi connectivity index (χ1n) is 6.79. The predicted molar refractivity (Wildman–Crippen MR) is 73.3 cm³/mol. The monoisotopic (exact) mass is 267 g/mol. The van der Waals surface area contributed by atoms with Gasteiger partial charge in [0.05, 0.1) is 23.9 Å². The Morgan fingerprint density at radius 2 is 2.05 bits per heavy atom. The Morgan fingerprint density at radius 3 is 2.55 bits per heavy atom. The first-order valence-corrected chi connectivity index (χ1v) is 6.79. The molecule has 0 amide bonds. The van der Waals surface area contributed by atoms with E-state index in [9.17, 15) is 15.8 Å². The highest BCUT2D eigenvalue weighted by Crippen LogP contribution is 2.48. The Kier molecular flexibility index (Phi) is 3.62. The average molecular weight is 267 g/mol. The van der Waals surface area contributed by atoms with Crippen molar-refractivity contribution < 1.29 is 0 Å². The molecule has 20 heavy (non-hydrogen) atoms. The minimum atomic E-state index is -1.47. The van der Waals surface area contributed by atoms with Crippen molar-refractivity contribution in [2.75, 3.05) is 19.6 Å². The van der Waals surface area contributed by atoms with Gasteiger partial charge in [0.1, 0.15) is 5.92 Å². The number of fused-ring (bicyclic) bond motifs is 1. The van der Waals surface area contributed by atoms with E-state index in [1.165, 1.54) is 0 Å². The van der Waals surface area contributed by atoms with Gasteiger partial charge in [0.15, 0.2) is 5.41 Å². The second kappa shape index (κ2) is 5.08. The van der Waals surface area contributed by atoms with Crippen LogP contribution in [0.25, 0.3) is 0 Å². The lowest BCUT2D eigenvalue weighted by atomic mass is 9.56. The number of nitrogens with zero attached hydrogens (tertiary/aromatic N) is 4. The normalized spacial score (nSPS) is 32.2. The van der Waals surface area contributed by atoms with Crippen molar-refractivity contribution in [2.45, 2.75) is 13.8 Å². The highest BCUT2D eigenvalue weighted by Gasteiger charge is 2.55. The molecule has 1 N–H and O–H groups in total. The van der Waals surface area contributed by atoms with E-state index in [-0.39, 0.29) is 17.5 Å². The second-order valence-electron chi connectivity index (χ2n) is 5.46. The van der Waals surface area contributed by atoms with Crippen LogP contribution in [-0.4, -0.2) is 30.2 Å². The molecule has 5 nitrogen and oxygen atoms in total. The number of rotatable bonds is 1. The number of likely N-dealkylation sites (N-methyl/N-ethyl adjacent to an activating group) is 1. The van der Waals surface area contributed by atoms with Gasteiger partial charge in [-0.2, -0.15) is 15.8 Å². The van der Waals surface area contributed by atoms with Crippen LogP contribution in [0.3, 0.4) is 0 Å². The van der Waals surface area contributed by atoms with E-state index in [0.29, 0.717) is 0 Å².